The third kappa shape index (κ3) is 5.03. The Balaban J connectivity index is 2.53. The molecule has 1 unspecified atom stereocenters. The molecule has 1 N–H and O–H groups in total. The molecule has 1 aliphatic rings. The van der Waals surface area contributed by atoms with Gasteiger partial charge in [0.15, 0.2) is 0 Å². The Labute approximate surface area is 119 Å². The summed E-state index contributed by atoms with van der Waals surface area (Å²) < 4.78 is 10.0. The van der Waals surface area contributed by atoms with Crippen LogP contribution in [0.3, 0.4) is 0 Å². The van der Waals surface area contributed by atoms with E-state index in [1.807, 2.05) is 19.0 Å². The molecule has 0 spiro atoms. The van der Waals surface area contributed by atoms with E-state index in [1.54, 1.807) is 17.9 Å². The minimum absolute atomic E-state index is 0.215. The molecule has 20 heavy (non-hydrogen) atoms. The van der Waals surface area contributed by atoms with Gasteiger partial charge in [-0.1, -0.05) is 0 Å². The van der Waals surface area contributed by atoms with Crippen LogP contribution in [-0.2, 0) is 19.1 Å². The summed E-state index contributed by atoms with van der Waals surface area (Å²) in [5, 5.41) is 8.94. The fourth-order valence-corrected chi connectivity index (χ4v) is 1.66. The van der Waals surface area contributed by atoms with E-state index in [9.17, 15) is 4.79 Å². The van der Waals surface area contributed by atoms with Crippen LogP contribution in [0.25, 0.3) is 0 Å². The van der Waals surface area contributed by atoms with Gasteiger partial charge in [-0.25, -0.2) is 4.79 Å². The van der Waals surface area contributed by atoms with Crippen molar-refractivity contribution in [1.82, 2.24) is 15.3 Å². The first-order valence-electron chi connectivity index (χ1n) is 6.45. The van der Waals surface area contributed by atoms with Crippen molar-refractivity contribution >= 4 is 5.97 Å². The van der Waals surface area contributed by atoms with E-state index in [0.717, 1.165) is 0 Å². The molecule has 0 saturated carbocycles. The van der Waals surface area contributed by atoms with Crippen molar-refractivity contribution in [3.8, 4) is 6.07 Å². The molecule has 1 heterocycles. The van der Waals surface area contributed by atoms with E-state index in [2.05, 4.69) is 5.48 Å². The molecule has 0 aromatic rings. The Bertz CT molecular complexity index is 339. The highest BCUT2D eigenvalue weighted by Gasteiger charge is 2.28. The molecule has 113 valence electrons. The van der Waals surface area contributed by atoms with Crippen LogP contribution >= 0.6 is 0 Å². The lowest BCUT2D eigenvalue weighted by molar-refractivity contribution is -0.154. The van der Waals surface area contributed by atoms with Gasteiger partial charge in [-0.15, -0.1) is 0 Å². The van der Waals surface area contributed by atoms with Gasteiger partial charge in [0.25, 0.3) is 6.35 Å². The maximum absolute atomic E-state index is 11.5. The van der Waals surface area contributed by atoms with Crippen molar-refractivity contribution in [2.45, 2.75) is 13.0 Å². The Morgan fingerprint density at radius 3 is 2.65 bits per heavy atom. The molecule has 8 nitrogen and oxygen atoms in total. The van der Waals surface area contributed by atoms with Crippen LogP contribution in [0.5, 0.6) is 0 Å². The molecule has 0 aromatic carbocycles. The van der Waals surface area contributed by atoms with Gasteiger partial charge in [-0.05, 0) is 21.0 Å². The topological polar surface area (TPSA) is 87.1 Å². The van der Waals surface area contributed by atoms with Gasteiger partial charge >= 0.3 is 5.97 Å². The molecule has 0 aromatic heterocycles. The summed E-state index contributed by atoms with van der Waals surface area (Å²) in [5.41, 5.74) is 2.44. The minimum Gasteiger partial charge on any atom is -0.464 e. The minimum atomic E-state index is -1.16. The molecular formula is C12H21N4O4. The normalized spacial score (nSPS) is 18.0. The number of esters is 1. The average Bonchev–Trinajstić information content (AvgIpc) is 2.44. The number of hydrogen-bond acceptors (Lipinski definition) is 8. The van der Waals surface area contributed by atoms with Crippen LogP contribution in [0.2, 0.25) is 0 Å². The third-order valence-electron chi connectivity index (χ3n) is 2.58. The predicted molar refractivity (Wildman–Crippen MR) is 69.6 cm³/mol. The zero-order chi connectivity index (χ0) is 15.0. The summed E-state index contributed by atoms with van der Waals surface area (Å²) in [6.45, 7) is 4.49. The summed E-state index contributed by atoms with van der Waals surface area (Å²) in [6.07, 6.45) is 0.526. The number of nitriles is 1. The first-order valence-corrected chi connectivity index (χ1v) is 6.45. The van der Waals surface area contributed by atoms with Crippen molar-refractivity contribution in [1.29, 1.82) is 5.26 Å². The summed E-state index contributed by atoms with van der Waals surface area (Å²) in [5.74, 6) is -0.657. The second-order valence-corrected chi connectivity index (χ2v) is 4.31. The fraction of sp³-hybridized carbons (Fsp3) is 0.750. The number of hydroxylamine groups is 1. The molecule has 1 aliphatic heterocycles. The Hall–Kier alpha value is -1.24. The molecule has 0 bridgehead atoms. The average molecular weight is 285 g/mol. The SMILES string of the molecule is CCOC(=O)C(C#N)NO[C](N(C)C)N1CCOCC1. The number of nitrogens with one attached hydrogen (secondary N) is 1. The van der Waals surface area contributed by atoms with Crippen LogP contribution in [0, 0.1) is 17.7 Å². The van der Waals surface area contributed by atoms with Crippen LogP contribution in [0.1, 0.15) is 6.92 Å². The molecule has 0 amide bonds. The molecular weight excluding hydrogens is 264 g/mol. The van der Waals surface area contributed by atoms with Gasteiger partial charge in [0.1, 0.15) is 0 Å². The quantitative estimate of drug-likeness (QED) is 0.485. The Morgan fingerprint density at radius 2 is 2.15 bits per heavy atom. The first kappa shape index (κ1) is 16.8. The highest BCUT2D eigenvalue weighted by atomic mass is 16.7. The summed E-state index contributed by atoms with van der Waals surface area (Å²) >= 11 is 0. The summed E-state index contributed by atoms with van der Waals surface area (Å²) in [4.78, 5) is 20.6. The number of rotatable bonds is 7. The monoisotopic (exact) mass is 285 g/mol. The lowest BCUT2D eigenvalue weighted by Crippen LogP contribution is -2.49. The first-order chi connectivity index (χ1) is 9.60. The largest absolute Gasteiger partial charge is 0.464 e. The van der Waals surface area contributed by atoms with E-state index in [1.165, 1.54) is 0 Å². The van der Waals surface area contributed by atoms with E-state index >= 15 is 0 Å². The molecule has 1 rings (SSSR count). The van der Waals surface area contributed by atoms with Crippen LogP contribution < -0.4 is 5.48 Å². The standard InChI is InChI=1S/C12H21N4O4/c1-4-19-11(17)10(9-13)14-20-12(15(2)3)16-5-7-18-8-6-16/h10,14H,4-8H2,1-3H3. The number of carbonyl (C=O) groups excluding carboxylic acids is 1. The summed E-state index contributed by atoms with van der Waals surface area (Å²) in [6, 6.07) is 0.637. The van der Waals surface area contributed by atoms with Crippen LogP contribution in [0.4, 0.5) is 0 Å². The van der Waals surface area contributed by atoms with E-state index in [-0.39, 0.29) is 6.61 Å². The highest BCUT2D eigenvalue weighted by molar-refractivity contribution is 5.78. The smallest absolute Gasteiger partial charge is 0.340 e. The maximum Gasteiger partial charge on any atom is 0.340 e. The van der Waals surface area contributed by atoms with Gasteiger partial charge in [0, 0.05) is 13.1 Å². The Morgan fingerprint density at radius 1 is 1.50 bits per heavy atom. The third-order valence-corrected chi connectivity index (χ3v) is 2.58. The van der Waals surface area contributed by atoms with Gasteiger partial charge in [0.05, 0.1) is 25.9 Å². The summed E-state index contributed by atoms with van der Waals surface area (Å²) in [7, 11) is 3.64. The molecule has 0 aliphatic carbocycles. The lowest BCUT2D eigenvalue weighted by Gasteiger charge is -2.35. The van der Waals surface area contributed by atoms with Crippen LogP contribution in [-0.4, -0.2) is 68.8 Å². The second-order valence-electron chi connectivity index (χ2n) is 4.31. The number of ether oxygens (including phenoxy) is 2. The Kier molecular flexibility index (Phi) is 7.43. The fourth-order valence-electron chi connectivity index (χ4n) is 1.66. The van der Waals surface area contributed by atoms with E-state index in [4.69, 9.17) is 19.6 Å². The van der Waals surface area contributed by atoms with Gasteiger partial charge in [-0.3, -0.25) is 14.6 Å². The molecule has 1 atom stereocenters. The van der Waals surface area contributed by atoms with Gasteiger partial charge < -0.3 is 9.47 Å². The zero-order valence-electron chi connectivity index (χ0n) is 12.1. The van der Waals surface area contributed by atoms with Gasteiger partial charge in [-0.2, -0.15) is 10.7 Å². The van der Waals surface area contributed by atoms with Crippen molar-refractivity contribution in [3.05, 3.63) is 6.35 Å². The number of hydrogen-bond donors (Lipinski definition) is 1. The highest BCUT2D eigenvalue weighted by Crippen LogP contribution is 2.14. The van der Waals surface area contributed by atoms with Crippen molar-refractivity contribution in [2.75, 3.05) is 47.0 Å². The number of morpholine rings is 1. The second kappa shape index (κ2) is 8.84. The van der Waals surface area contributed by atoms with Crippen LogP contribution in [0.15, 0.2) is 0 Å². The van der Waals surface area contributed by atoms with Gasteiger partial charge in [0.2, 0.25) is 6.04 Å². The van der Waals surface area contributed by atoms with E-state index in [0.29, 0.717) is 32.7 Å². The number of nitrogens with zero attached hydrogens (tertiary/aromatic N) is 3. The zero-order valence-corrected chi connectivity index (χ0v) is 12.1. The molecule has 1 radical (unpaired) electrons. The van der Waals surface area contributed by atoms with Crippen molar-refractivity contribution < 1.29 is 19.1 Å². The molecule has 1 fully saturated rings. The molecule has 8 heteroatoms. The predicted octanol–water partition coefficient (Wildman–Crippen LogP) is -0.696. The van der Waals surface area contributed by atoms with Crippen molar-refractivity contribution in [2.24, 2.45) is 0 Å². The number of carbonyl (C=O) groups is 1. The lowest BCUT2D eigenvalue weighted by atomic mass is 10.3. The maximum atomic E-state index is 11.5. The molecule has 1 saturated heterocycles. The van der Waals surface area contributed by atoms with Crippen molar-refractivity contribution in [3.63, 3.8) is 0 Å². The van der Waals surface area contributed by atoms with E-state index < -0.39 is 12.0 Å².